The molecule has 134 valence electrons. The summed E-state index contributed by atoms with van der Waals surface area (Å²) >= 11 is 6.25. The molecule has 2 aromatic rings. The van der Waals surface area contributed by atoms with Gasteiger partial charge < -0.3 is 15.4 Å². The summed E-state index contributed by atoms with van der Waals surface area (Å²) in [5.41, 5.74) is 3.39. The minimum atomic E-state index is -0.229. The van der Waals surface area contributed by atoms with E-state index in [1.54, 1.807) is 56.5 Å². The Morgan fingerprint density at radius 1 is 1.12 bits per heavy atom. The minimum Gasteiger partial charge on any atom is -0.497 e. The summed E-state index contributed by atoms with van der Waals surface area (Å²) in [4.78, 5) is 24.1. The standard InChI is InChI=1S/C20H19ClN2O3/c1-12-17(9-10-19(12)24)23-18-11-14(5-8-16(18)21)22-20(25)13-3-6-15(26-2)7-4-13/h3-8,11,23H,9-10H2,1-2H3,(H,22,25). The Morgan fingerprint density at radius 3 is 2.46 bits per heavy atom. The molecule has 0 heterocycles. The third kappa shape index (κ3) is 3.89. The first kappa shape index (κ1) is 18.0. The normalized spacial score (nSPS) is 13.7. The number of anilines is 2. The molecule has 5 nitrogen and oxygen atoms in total. The molecule has 0 fully saturated rings. The van der Waals surface area contributed by atoms with E-state index in [-0.39, 0.29) is 11.7 Å². The third-order valence-corrected chi connectivity index (χ3v) is 4.66. The predicted octanol–water partition coefficient (Wildman–Crippen LogP) is 4.65. The number of ketones is 1. The highest BCUT2D eigenvalue weighted by Crippen LogP contribution is 2.31. The quantitative estimate of drug-likeness (QED) is 0.803. The number of benzene rings is 2. The van der Waals surface area contributed by atoms with Crippen LogP contribution in [0.4, 0.5) is 11.4 Å². The van der Waals surface area contributed by atoms with E-state index < -0.39 is 0 Å². The number of Topliss-reactive ketones (excluding diaryl/α,β-unsaturated/α-hetero) is 1. The van der Waals surface area contributed by atoms with Crippen LogP contribution in [0.5, 0.6) is 5.75 Å². The van der Waals surface area contributed by atoms with Crippen molar-refractivity contribution in [1.29, 1.82) is 0 Å². The van der Waals surface area contributed by atoms with Gasteiger partial charge in [0, 0.05) is 28.9 Å². The van der Waals surface area contributed by atoms with Gasteiger partial charge in [-0.1, -0.05) is 11.6 Å². The van der Waals surface area contributed by atoms with E-state index in [0.717, 1.165) is 11.3 Å². The highest BCUT2D eigenvalue weighted by Gasteiger charge is 2.20. The number of amides is 1. The van der Waals surface area contributed by atoms with Crippen LogP contribution in [0.25, 0.3) is 0 Å². The van der Waals surface area contributed by atoms with Crippen molar-refractivity contribution in [2.45, 2.75) is 19.8 Å². The molecule has 0 bridgehead atoms. The van der Waals surface area contributed by atoms with Crippen LogP contribution in [0.15, 0.2) is 53.7 Å². The zero-order valence-corrected chi connectivity index (χ0v) is 15.3. The highest BCUT2D eigenvalue weighted by atomic mass is 35.5. The first-order valence-electron chi connectivity index (χ1n) is 8.23. The molecule has 26 heavy (non-hydrogen) atoms. The number of carbonyl (C=O) groups excluding carboxylic acids is 2. The molecule has 1 amide bonds. The molecule has 0 spiro atoms. The van der Waals surface area contributed by atoms with E-state index in [0.29, 0.717) is 40.6 Å². The molecule has 1 aliphatic rings. The monoisotopic (exact) mass is 370 g/mol. The molecule has 0 saturated heterocycles. The summed E-state index contributed by atoms with van der Waals surface area (Å²) in [7, 11) is 1.58. The Labute approximate surface area is 157 Å². The van der Waals surface area contributed by atoms with Crippen LogP contribution in [-0.4, -0.2) is 18.8 Å². The van der Waals surface area contributed by atoms with E-state index in [4.69, 9.17) is 16.3 Å². The van der Waals surface area contributed by atoms with Crippen LogP contribution in [0.1, 0.15) is 30.1 Å². The van der Waals surface area contributed by atoms with Crippen LogP contribution < -0.4 is 15.4 Å². The van der Waals surface area contributed by atoms with Gasteiger partial charge in [-0.3, -0.25) is 9.59 Å². The topological polar surface area (TPSA) is 67.4 Å². The first-order chi connectivity index (χ1) is 12.5. The summed E-state index contributed by atoms with van der Waals surface area (Å²) in [5.74, 6) is 0.606. The van der Waals surface area contributed by atoms with Crippen LogP contribution >= 0.6 is 11.6 Å². The molecule has 1 aliphatic carbocycles. The molecule has 2 N–H and O–H groups in total. The van der Waals surface area contributed by atoms with Crippen molar-refractivity contribution in [2.75, 3.05) is 17.7 Å². The fraction of sp³-hybridized carbons (Fsp3) is 0.200. The Bertz CT molecular complexity index is 888. The maximum absolute atomic E-state index is 12.4. The van der Waals surface area contributed by atoms with Gasteiger partial charge >= 0.3 is 0 Å². The van der Waals surface area contributed by atoms with Crippen LogP contribution in [-0.2, 0) is 4.79 Å². The van der Waals surface area contributed by atoms with Gasteiger partial charge in [-0.25, -0.2) is 0 Å². The molecule has 2 aromatic carbocycles. The van der Waals surface area contributed by atoms with E-state index in [1.807, 2.05) is 0 Å². The lowest BCUT2D eigenvalue weighted by atomic mass is 10.2. The van der Waals surface area contributed by atoms with Crippen molar-refractivity contribution in [3.8, 4) is 5.75 Å². The lowest BCUT2D eigenvalue weighted by Gasteiger charge is -2.13. The molecule has 0 atom stereocenters. The molecular formula is C20H19ClN2O3. The van der Waals surface area contributed by atoms with Gasteiger partial charge in [0.1, 0.15) is 5.75 Å². The number of allylic oxidation sites excluding steroid dienone is 2. The summed E-state index contributed by atoms with van der Waals surface area (Å²) in [6.45, 7) is 1.81. The van der Waals surface area contributed by atoms with E-state index in [1.165, 1.54) is 0 Å². The summed E-state index contributed by atoms with van der Waals surface area (Å²) in [5, 5.41) is 6.58. The maximum Gasteiger partial charge on any atom is 0.255 e. The Kier molecular flexibility index (Phi) is 5.28. The molecular weight excluding hydrogens is 352 g/mol. The molecule has 0 aliphatic heterocycles. The van der Waals surface area contributed by atoms with Gasteiger partial charge in [0.05, 0.1) is 17.8 Å². The number of carbonyl (C=O) groups is 2. The number of hydrogen-bond donors (Lipinski definition) is 2. The van der Waals surface area contributed by atoms with Crippen LogP contribution in [0, 0.1) is 0 Å². The predicted molar refractivity (Wildman–Crippen MR) is 103 cm³/mol. The molecule has 0 saturated carbocycles. The molecule has 3 rings (SSSR count). The second kappa shape index (κ2) is 7.62. The minimum absolute atomic E-state index is 0.146. The zero-order chi connectivity index (χ0) is 18.7. The zero-order valence-electron chi connectivity index (χ0n) is 14.6. The molecule has 0 radical (unpaired) electrons. The van der Waals surface area contributed by atoms with Gasteiger partial charge in [0.25, 0.3) is 5.91 Å². The van der Waals surface area contributed by atoms with Crippen molar-refractivity contribution < 1.29 is 14.3 Å². The summed E-state index contributed by atoms with van der Waals surface area (Å²) in [6.07, 6.45) is 1.18. The number of ether oxygens (including phenoxy) is 1. The summed E-state index contributed by atoms with van der Waals surface area (Å²) < 4.78 is 5.09. The third-order valence-electron chi connectivity index (χ3n) is 4.33. The van der Waals surface area contributed by atoms with Crippen molar-refractivity contribution >= 4 is 34.7 Å². The van der Waals surface area contributed by atoms with Crippen molar-refractivity contribution in [1.82, 2.24) is 0 Å². The Balaban J connectivity index is 1.76. The second-order valence-corrected chi connectivity index (χ2v) is 6.44. The van der Waals surface area contributed by atoms with Crippen molar-refractivity contribution in [3.05, 3.63) is 64.3 Å². The van der Waals surface area contributed by atoms with Crippen LogP contribution in [0.3, 0.4) is 0 Å². The van der Waals surface area contributed by atoms with Gasteiger partial charge in [-0.05, 0) is 55.8 Å². The molecule has 6 heteroatoms. The lowest BCUT2D eigenvalue weighted by Crippen LogP contribution is -2.12. The fourth-order valence-corrected chi connectivity index (χ4v) is 2.91. The average Bonchev–Trinajstić information content (AvgIpc) is 2.96. The Hall–Kier alpha value is -2.79. The van der Waals surface area contributed by atoms with E-state index >= 15 is 0 Å². The largest absolute Gasteiger partial charge is 0.497 e. The van der Waals surface area contributed by atoms with Crippen molar-refractivity contribution in [2.24, 2.45) is 0 Å². The van der Waals surface area contributed by atoms with Gasteiger partial charge in [0.15, 0.2) is 5.78 Å². The average molecular weight is 371 g/mol. The van der Waals surface area contributed by atoms with E-state index in [9.17, 15) is 9.59 Å². The van der Waals surface area contributed by atoms with Crippen LogP contribution in [0.2, 0.25) is 5.02 Å². The van der Waals surface area contributed by atoms with E-state index in [2.05, 4.69) is 10.6 Å². The number of hydrogen-bond acceptors (Lipinski definition) is 4. The molecule has 0 unspecified atom stereocenters. The number of halogens is 1. The number of methoxy groups -OCH3 is 1. The van der Waals surface area contributed by atoms with Gasteiger partial charge in [-0.2, -0.15) is 0 Å². The number of rotatable bonds is 5. The lowest BCUT2D eigenvalue weighted by molar-refractivity contribution is -0.114. The smallest absolute Gasteiger partial charge is 0.255 e. The second-order valence-electron chi connectivity index (χ2n) is 6.03. The first-order valence-corrected chi connectivity index (χ1v) is 8.60. The molecule has 0 aromatic heterocycles. The Morgan fingerprint density at radius 2 is 1.85 bits per heavy atom. The van der Waals surface area contributed by atoms with Crippen molar-refractivity contribution in [3.63, 3.8) is 0 Å². The highest BCUT2D eigenvalue weighted by molar-refractivity contribution is 6.33. The maximum atomic E-state index is 12.4. The van der Waals surface area contributed by atoms with Gasteiger partial charge in [0.2, 0.25) is 0 Å². The fourth-order valence-electron chi connectivity index (χ4n) is 2.75. The SMILES string of the molecule is COc1ccc(C(=O)Nc2ccc(Cl)c(NC3=C(C)C(=O)CC3)c2)cc1. The number of nitrogens with one attached hydrogen (secondary N) is 2. The van der Waals surface area contributed by atoms with Gasteiger partial charge in [-0.15, -0.1) is 0 Å². The summed E-state index contributed by atoms with van der Waals surface area (Å²) in [6, 6.07) is 12.1.